The molecule has 0 amide bonds. The SMILES string of the molecule is COC(=O)C1(c2ccc(-c3ccc(B4OC(C)(C)C(C)(C)O4)cc3F)cc2)CC1. The Morgan fingerprint density at radius 3 is 2.07 bits per heavy atom. The van der Waals surface area contributed by atoms with E-state index in [4.69, 9.17) is 14.0 Å². The third-order valence-corrected chi connectivity index (χ3v) is 6.59. The van der Waals surface area contributed by atoms with Crippen LogP contribution < -0.4 is 5.46 Å². The molecule has 4 nitrogen and oxygen atoms in total. The molecular weight excluding hydrogens is 370 g/mol. The molecule has 1 saturated carbocycles. The molecule has 2 aromatic rings. The topological polar surface area (TPSA) is 44.8 Å². The van der Waals surface area contributed by atoms with Crippen molar-refractivity contribution in [2.45, 2.75) is 57.2 Å². The van der Waals surface area contributed by atoms with E-state index in [1.807, 2.05) is 58.0 Å². The van der Waals surface area contributed by atoms with Gasteiger partial charge in [-0.1, -0.05) is 36.4 Å². The Kier molecular flexibility index (Phi) is 4.63. The number of esters is 1. The molecule has 0 spiro atoms. The second kappa shape index (κ2) is 6.68. The molecule has 1 saturated heterocycles. The van der Waals surface area contributed by atoms with Crippen molar-refractivity contribution >= 4 is 18.6 Å². The van der Waals surface area contributed by atoms with Crippen molar-refractivity contribution in [3.05, 3.63) is 53.8 Å². The summed E-state index contributed by atoms with van der Waals surface area (Å²) < 4.78 is 31.9. The lowest BCUT2D eigenvalue weighted by Crippen LogP contribution is -2.41. The Morgan fingerprint density at radius 1 is 1.00 bits per heavy atom. The Balaban J connectivity index is 1.57. The molecule has 6 heteroatoms. The van der Waals surface area contributed by atoms with Gasteiger partial charge in [0, 0.05) is 5.56 Å². The lowest BCUT2D eigenvalue weighted by molar-refractivity contribution is -0.143. The van der Waals surface area contributed by atoms with E-state index < -0.39 is 23.7 Å². The number of rotatable bonds is 4. The van der Waals surface area contributed by atoms with E-state index >= 15 is 0 Å². The van der Waals surface area contributed by atoms with Gasteiger partial charge in [-0.15, -0.1) is 0 Å². The summed E-state index contributed by atoms with van der Waals surface area (Å²) in [7, 11) is 0.814. The zero-order valence-corrected chi connectivity index (χ0v) is 17.5. The third kappa shape index (κ3) is 3.28. The third-order valence-electron chi connectivity index (χ3n) is 6.59. The van der Waals surface area contributed by atoms with Crippen LogP contribution in [-0.2, 0) is 24.3 Å². The van der Waals surface area contributed by atoms with Gasteiger partial charge in [0.15, 0.2) is 0 Å². The monoisotopic (exact) mass is 396 g/mol. The van der Waals surface area contributed by atoms with E-state index in [1.165, 1.54) is 13.2 Å². The maximum Gasteiger partial charge on any atom is 0.494 e. The number of ether oxygens (including phenoxy) is 1. The molecule has 0 atom stereocenters. The van der Waals surface area contributed by atoms with Crippen molar-refractivity contribution in [1.29, 1.82) is 0 Å². The summed E-state index contributed by atoms with van der Waals surface area (Å²) >= 11 is 0. The first-order valence-corrected chi connectivity index (χ1v) is 9.94. The molecule has 0 aromatic heterocycles. The predicted octanol–water partition coefficient (Wildman–Crippen LogP) is 4.00. The average Bonchev–Trinajstić information content (AvgIpc) is 3.44. The summed E-state index contributed by atoms with van der Waals surface area (Å²) in [5, 5.41) is 0. The number of carbonyl (C=O) groups excluding carboxylic acids is 1. The van der Waals surface area contributed by atoms with Crippen LogP contribution in [0.2, 0.25) is 0 Å². The van der Waals surface area contributed by atoms with Crippen molar-refractivity contribution in [2.75, 3.05) is 7.11 Å². The molecule has 1 heterocycles. The quantitative estimate of drug-likeness (QED) is 0.579. The van der Waals surface area contributed by atoms with Crippen molar-refractivity contribution in [1.82, 2.24) is 0 Å². The number of hydrogen-bond acceptors (Lipinski definition) is 4. The summed E-state index contributed by atoms with van der Waals surface area (Å²) in [5.41, 5.74) is 1.37. The van der Waals surface area contributed by atoms with E-state index in [2.05, 4.69) is 0 Å². The molecular formula is C23H26BFO4. The van der Waals surface area contributed by atoms with Crippen LogP contribution >= 0.6 is 0 Å². The fourth-order valence-corrected chi connectivity index (χ4v) is 3.79. The average molecular weight is 396 g/mol. The maximum absolute atomic E-state index is 14.9. The zero-order chi connectivity index (χ0) is 21.0. The summed E-state index contributed by atoms with van der Waals surface area (Å²) in [6, 6.07) is 12.5. The van der Waals surface area contributed by atoms with E-state index in [0.29, 0.717) is 11.0 Å². The lowest BCUT2D eigenvalue weighted by atomic mass is 9.78. The van der Waals surface area contributed by atoms with Gasteiger partial charge in [0.2, 0.25) is 0 Å². The van der Waals surface area contributed by atoms with Gasteiger partial charge in [-0.2, -0.15) is 0 Å². The van der Waals surface area contributed by atoms with Crippen LogP contribution in [0.5, 0.6) is 0 Å². The zero-order valence-electron chi connectivity index (χ0n) is 17.5. The molecule has 1 aliphatic carbocycles. The van der Waals surface area contributed by atoms with Crippen LogP contribution in [0, 0.1) is 5.82 Å². The molecule has 1 aliphatic heterocycles. The van der Waals surface area contributed by atoms with E-state index in [1.54, 1.807) is 6.07 Å². The van der Waals surface area contributed by atoms with Gasteiger partial charge in [-0.05, 0) is 63.2 Å². The second-order valence-corrected chi connectivity index (χ2v) is 8.98. The first-order valence-electron chi connectivity index (χ1n) is 9.94. The molecule has 2 aliphatic rings. The highest BCUT2D eigenvalue weighted by Crippen LogP contribution is 2.49. The number of methoxy groups -OCH3 is 1. The summed E-state index contributed by atoms with van der Waals surface area (Å²) in [6.07, 6.45) is 1.58. The minimum absolute atomic E-state index is 0.205. The van der Waals surface area contributed by atoms with Crippen LogP contribution in [0.1, 0.15) is 46.1 Å². The first-order chi connectivity index (χ1) is 13.6. The Labute approximate surface area is 171 Å². The minimum atomic E-state index is -0.597. The standard InChI is InChI=1S/C23H26BFO4/c1-21(2)22(3,4)29-24(28-21)17-10-11-18(19(25)14-17)15-6-8-16(9-7-15)23(12-13-23)20(26)27-5/h6-11,14H,12-13H2,1-5H3. The predicted molar refractivity (Wildman–Crippen MR) is 110 cm³/mol. The summed E-state index contributed by atoms with van der Waals surface area (Å²) in [4.78, 5) is 12.1. The maximum atomic E-state index is 14.9. The fraction of sp³-hybridized carbons (Fsp3) is 0.435. The fourth-order valence-electron chi connectivity index (χ4n) is 3.79. The molecule has 152 valence electrons. The highest BCUT2D eigenvalue weighted by molar-refractivity contribution is 6.62. The number of halogens is 1. The number of benzene rings is 2. The summed E-state index contributed by atoms with van der Waals surface area (Å²) in [5.74, 6) is -0.540. The summed E-state index contributed by atoms with van der Waals surface area (Å²) in [6.45, 7) is 7.89. The van der Waals surface area contributed by atoms with Crippen molar-refractivity contribution < 1.29 is 23.2 Å². The van der Waals surface area contributed by atoms with Gasteiger partial charge in [0.1, 0.15) is 5.82 Å². The lowest BCUT2D eigenvalue weighted by Gasteiger charge is -2.32. The van der Waals surface area contributed by atoms with E-state index in [9.17, 15) is 9.18 Å². The molecule has 29 heavy (non-hydrogen) atoms. The van der Waals surface area contributed by atoms with Gasteiger partial charge in [-0.3, -0.25) is 4.79 Å². The molecule has 0 radical (unpaired) electrons. The van der Waals surface area contributed by atoms with E-state index in [0.717, 1.165) is 24.0 Å². The van der Waals surface area contributed by atoms with Crippen molar-refractivity contribution in [2.24, 2.45) is 0 Å². The molecule has 2 fully saturated rings. The van der Waals surface area contributed by atoms with Crippen LogP contribution in [-0.4, -0.2) is 31.4 Å². The first kappa shape index (κ1) is 20.1. The van der Waals surface area contributed by atoms with Crippen LogP contribution in [0.15, 0.2) is 42.5 Å². The van der Waals surface area contributed by atoms with Crippen molar-refractivity contribution in [3.63, 3.8) is 0 Å². The van der Waals surface area contributed by atoms with Gasteiger partial charge in [-0.25, -0.2) is 4.39 Å². The van der Waals surface area contributed by atoms with E-state index in [-0.39, 0.29) is 11.8 Å². The van der Waals surface area contributed by atoms with Crippen molar-refractivity contribution in [3.8, 4) is 11.1 Å². The van der Waals surface area contributed by atoms with Crippen LogP contribution in [0.3, 0.4) is 0 Å². The Bertz CT molecular complexity index is 932. The molecule has 2 aromatic carbocycles. The number of hydrogen-bond donors (Lipinski definition) is 0. The largest absolute Gasteiger partial charge is 0.494 e. The highest BCUT2D eigenvalue weighted by Gasteiger charge is 2.53. The molecule has 0 unspecified atom stereocenters. The van der Waals surface area contributed by atoms with Gasteiger partial charge in [0.05, 0.1) is 23.7 Å². The molecule has 0 bridgehead atoms. The smallest absolute Gasteiger partial charge is 0.468 e. The van der Waals surface area contributed by atoms with Gasteiger partial charge < -0.3 is 14.0 Å². The molecule has 0 N–H and O–H groups in total. The van der Waals surface area contributed by atoms with Crippen LogP contribution in [0.25, 0.3) is 11.1 Å². The highest BCUT2D eigenvalue weighted by atomic mass is 19.1. The minimum Gasteiger partial charge on any atom is -0.468 e. The Morgan fingerprint density at radius 2 is 1.59 bits per heavy atom. The van der Waals surface area contributed by atoms with Gasteiger partial charge in [0.25, 0.3) is 0 Å². The van der Waals surface area contributed by atoms with Gasteiger partial charge >= 0.3 is 13.1 Å². The second-order valence-electron chi connectivity index (χ2n) is 8.98. The normalized spacial score (nSPS) is 21.1. The molecule has 4 rings (SSSR count). The Hall–Kier alpha value is -2.18. The van der Waals surface area contributed by atoms with Crippen LogP contribution in [0.4, 0.5) is 4.39 Å². The number of carbonyl (C=O) groups is 1.